The lowest BCUT2D eigenvalue weighted by atomic mass is 9.92. The maximum absolute atomic E-state index is 12.9. The van der Waals surface area contributed by atoms with Gasteiger partial charge in [0.1, 0.15) is 5.82 Å². The van der Waals surface area contributed by atoms with E-state index < -0.39 is 0 Å². The molecule has 0 saturated carbocycles. The monoisotopic (exact) mass is 306 g/mol. The zero-order chi connectivity index (χ0) is 16.3. The predicted octanol–water partition coefficient (Wildman–Crippen LogP) is 2.73. The molecule has 1 saturated heterocycles. The van der Waals surface area contributed by atoms with Gasteiger partial charge in [-0.05, 0) is 29.7 Å². The number of halogens is 1. The van der Waals surface area contributed by atoms with E-state index in [1.165, 1.54) is 12.1 Å². The number of carbonyl (C=O) groups excluding carboxylic acids is 2. The van der Waals surface area contributed by atoms with Crippen LogP contribution in [0.5, 0.6) is 0 Å². The highest BCUT2D eigenvalue weighted by Crippen LogP contribution is 2.25. The molecule has 0 bridgehead atoms. The summed E-state index contributed by atoms with van der Waals surface area (Å²) in [5.41, 5.74) is 0.658. The summed E-state index contributed by atoms with van der Waals surface area (Å²) in [5.74, 6) is -0.190. The summed E-state index contributed by atoms with van der Waals surface area (Å²) in [7, 11) is 0. The molecule has 1 aliphatic heterocycles. The van der Waals surface area contributed by atoms with Crippen LogP contribution < -0.4 is 10.2 Å². The topological polar surface area (TPSA) is 49.4 Å². The Bertz CT molecular complexity index is 549. The highest BCUT2D eigenvalue weighted by atomic mass is 19.1. The van der Waals surface area contributed by atoms with Crippen LogP contribution in [0.15, 0.2) is 24.3 Å². The van der Waals surface area contributed by atoms with E-state index in [0.717, 1.165) is 0 Å². The van der Waals surface area contributed by atoms with Crippen molar-refractivity contribution < 1.29 is 14.0 Å². The molecule has 4 nitrogen and oxygen atoms in total. The Morgan fingerprint density at radius 3 is 2.55 bits per heavy atom. The van der Waals surface area contributed by atoms with Crippen molar-refractivity contribution in [1.29, 1.82) is 0 Å². The summed E-state index contributed by atoms with van der Waals surface area (Å²) in [4.78, 5) is 25.6. The normalized spacial score (nSPS) is 18.6. The number of carbonyl (C=O) groups is 2. The van der Waals surface area contributed by atoms with Gasteiger partial charge in [-0.15, -0.1) is 0 Å². The van der Waals surface area contributed by atoms with Gasteiger partial charge in [-0.25, -0.2) is 4.39 Å². The summed E-state index contributed by atoms with van der Waals surface area (Å²) in [5, 5.41) is 2.91. The smallest absolute Gasteiger partial charge is 0.227 e. The van der Waals surface area contributed by atoms with E-state index in [4.69, 9.17) is 0 Å². The van der Waals surface area contributed by atoms with Gasteiger partial charge in [-0.3, -0.25) is 9.59 Å². The Kier molecular flexibility index (Phi) is 4.84. The first-order valence-corrected chi connectivity index (χ1v) is 7.57. The van der Waals surface area contributed by atoms with Crippen LogP contribution in [0.25, 0.3) is 0 Å². The van der Waals surface area contributed by atoms with E-state index in [2.05, 4.69) is 5.32 Å². The van der Waals surface area contributed by atoms with Gasteiger partial charge >= 0.3 is 0 Å². The minimum atomic E-state index is -0.318. The van der Waals surface area contributed by atoms with E-state index in [1.54, 1.807) is 17.0 Å². The zero-order valence-electron chi connectivity index (χ0n) is 13.4. The molecule has 0 spiro atoms. The molecular formula is C17H23FN2O2. The molecule has 1 fully saturated rings. The Morgan fingerprint density at radius 2 is 1.95 bits per heavy atom. The van der Waals surface area contributed by atoms with Crippen molar-refractivity contribution in [2.45, 2.75) is 33.6 Å². The van der Waals surface area contributed by atoms with Gasteiger partial charge in [0.25, 0.3) is 0 Å². The number of anilines is 1. The van der Waals surface area contributed by atoms with Crippen LogP contribution in [0, 0.1) is 17.2 Å². The van der Waals surface area contributed by atoms with E-state index >= 15 is 0 Å². The van der Waals surface area contributed by atoms with Crippen LogP contribution in [-0.4, -0.2) is 24.9 Å². The Labute approximate surface area is 130 Å². The first kappa shape index (κ1) is 16.5. The van der Waals surface area contributed by atoms with Gasteiger partial charge in [0.05, 0.1) is 0 Å². The van der Waals surface area contributed by atoms with E-state index in [1.807, 2.05) is 20.8 Å². The lowest BCUT2D eigenvalue weighted by Crippen LogP contribution is -2.33. The third-order valence-electron chi connectivity index (χ3n) is 3.62. The zero-order valence-corrected chi connectivity index (χ0v) is 13.4. The maximum atomic E-state index is 12.9. The van der Waals surface area contributed by atoms with Crippen LogP contribution in [0.4, 0.5) is 10.1 Å². The molecule has 1 aliphatic rings. The summed E-state index contributed by atoms with van der Waals surface area (Å²) < 4.78 is 12.9. The molecule has 22 heavy (non-hydrogen) atoms. The molecule has 1 heterocycles. The van der Waals surface area contributed by atoms with E-state index in [0.29, 0.717) is 31.6 Å². The number of nitrogens with one attached hydrogen (secondary N) is 1. The lowest BCUT2D eigenvalue weighted by molar-refractivity contribution is -0.123. The van der Waals surface area contributed by atoms with Crippen molar-refractivity contribution >= 4 is 17.5 Å². The van der Waals surface area contributed by atoms with Gasteiger partial charge < -0.3 is 10.2 Å². The average molecular weight is 306 g/mol. The Balaban J connectivity index is 1.87. The maximum Gasteiger partial charge on any atom is 0.227 e. The fourth-order valence-electron chi connectivity index (χ4n) is 2.59. The number of rotatable bonds is 4. The second kappa shape index (κ2) is 6.46. The third kappa shape index (κ3) is 4.55. The first-order valence-electron chi connectivity index (χ1n) is 7.57. The molecule has 1 unspecified atom stereocenters. The van der Waals surface area contributed by atoms with Crippen molar-refractivity contribution in [1.82, 2.24) is 5.32 Å². The van der Waals surface area contributed by atoms with Crippen LogP contribution in [0.1, 0.15) is 33.6 Å². The molecule has 2 amide bonds. The molecule has 1 N–H and O–H groups in total. The second-order valence-corrected chi connectivity index (χ2v) is 7.09. The van der Waals surface area contributed by atoms with Crippen molar-refractivity contribution in [3.8, 4) is 0 Å². The highest BCUT2D eigenvalue weighted by molar-refractivity contribution is 5.95. The number of nitrogens with zero attached hydrogens (tertiary/aromatic N) is 1. The van der Waals surface area contributed by atoms with Crippen molar-refractivity contribution in [3.05, 3.63) is 30.1 Å². The van der Waals surface area contributed by atoms with Gasteiger partial charge in [0, 0.05) is 37.5 Å². The van der Waals surface area contributed by atoms with Crippen LogP contribution in [0.2, 0.25) is 0 Å². The fourth-order valence-corrected chi connectivity index (χ4v) is 2.59. The molecule has 5 heteroatoms. The summed E-state index contributed by atoms with van der Waals surface area (Å²) in [6, 6.07) is 5.91. The lowest BCUT2D eigenvalue weighted by Gasteiger charge is -2.19. The molecule has 2 rings (SSSR count). The Morgan fingerprint density at radius 1 is 1.32 bits per heavy atom. The molecule has 0 aromatic heterocycles. The van der Waals surface area contributed by atoms with Crippen LogP contribution >= 0.6 is 0 Å². The summed E-state index contributed by atoms with van der Waals surface area (Å²) in [6.45, 7) is 7.10. The quantitative estimate of drug-likeness (QED) is 0.930. The minimum Gasteiger partial charge on any atom is -0.356 e. The number of hydrogen-bond acceptors (Lipinski definition) is 2. The van der Waals surface area contributed by atoms with Gasteiger partial charge in [-0.2, -0.15) is 0 Å². The molecular weight excluding hydrogens is 283 g/mol. The largest absolute Gasteiger partial charge is 0.356 e. The summed E-state index contributed by atoms with van der Waals surface area (Å²) >= 11 is 0. The van der Waals surface area contributed by atoms with Gasteiger partial charge in [-0.1, -0.05) is 20.8 Å². The molecule has 120 valence electrons. The molecule has 1 atom stereocenters. The number of hydrogen-bond donors (Lipinski definition) is 1. The number of amides is 2. The SMILES string of the molecule is CC(C)(C)CC(=O)NCC1CC(=O)N(c2ccc(F)cc2)C1. The minimum absolute atomic E-state index is 0.0141. The van der Waals surface area contributed by atoms with Crippen LogP contribution in [-0.2, 0) is 9.59 Å². The van der Waals surface area contributed by atoms with Crippen LogP contribution in [0.3, 0.4) is 0 Å². The second-order valence-electron chi connectivity index (χ2n) is 7.09. The average Bonchev–Trinajstić information content (AvgIpc) is 2.77. The van der Waals surface area contributed by atoms with Crippen molar-refractivity contribution in [2.24, 2.45) is 11.3 Å². The molecule has 1 aromatic rings. The molecule has 0 aliphatic carbocycles. The van der Waals surface area contributed by atoms with E-state index in [9.17, 15) is 14.0 Å². The third-order valence-corrected chi connectivity index (χ3v) is 3.62. The fraction of sp³-hybridized carbons (Fsp3) is 0.529. The Hall–Kier alpha value is -1.91. The number of benzene rings is 1. The predicted molar refractivity (Wildman–Crippen MR) is 83.9 cm³/mol. The first-order chi connectivity index (χ1) is 10.2. The van der Waals surface area contributed by atoms with Crippen molar-refractivity contribution in [3.63, 3.8) is 0 Å². The van der Waals surface area contributed by atoms with Crippen molar-refractivity contribution in [2.75, 3.05) is 18.0 Å². The van der Waals surface area contributed by atoms with Gasteiger partial charge in [0.15, 0.2) is 0 Å². The highest BCUT2D eigenvalue weighted by Gasteiger charge is 2.30. The molecule has 1 aromatic carbocycles. The summed E-state index contributed by atoms with van der Waals surface area (Å²) in [6.07, 6.45) is 0.877. The van der Waals surface area contributed by atoms with Gasteiger partial charge in [0.2, 0.25) is 11.8 Å². The molecule has 0 radical (unpaired) electrons. The standard InChI is InChI=1S/C17H23FN2O2/c1-17(2,3)9-15(21)19-10-12-8-16(22)20(11-12)14-6-4-13(18)5-7-14/h4-7,12H,8-11H2,1-3H3,(H,19,21). The van der Waals surface area contributed by atoms with E-state index in [-0.39, 0.29) is 29.0 Å².